The normalized spacial score (nSPS) is 11.1. The minimum Gasteiger partial charge on any atom is -0.293 e. The zero-order valence-corrected chi connectivity index (χ0v) is 11.0. The zero-order chi connectivity index (χ0) is 13.2. The van der Waals surface area contributed by atoms with Crippen molar-refractivity contribution in [3.05, 3.63) is 32.4 Å². The monoisotopic (exact) mass is 373 g/mol. The molecule has 0 aliphatic rings. The van der Waals surface area contributed by atoms with Crippen LogP contribution in [-0.2, 0) is 6.18 Å². The van der Waals surface area contributed by atoms with Crippen molar-refractivity contribution in [1.82, 2.24) is 0 Å². The van der Waals surface area contributed by atoms with Crippen LogP contribution in [0.2, 0.25) is 0 Å². The number of hydrogen-bond donors (Lipinski definition) is 0. The van der Waals surface area contributed by atoms with E-state index < -0.39 is 29.0 Å². The maximum atomic E-state index is 12.7. The lowest BCUT2D eigenvalue weighted by Gasteiger charge is -2.13. The van der Waals surface area contributed by atoms with Crippen LogP contribution in [0.15, 0.2) is 12.1 Å². The minimum atomic E-state index is -4.69. The molecule has 0 atom stereocenters. The highest BCUT2D eigenvalue weighted by Crippen LogP contribution is 2.35. The highest BCUT2D eigenvalue weighted by Gasteiger charge is 2.36. The summed E-state index contributed by atoms with van der Waals surface area (Å²) in [7, 11) is 0. The predicted molar refractivity (Wildman–Crippen MR) is 63.9 cm³/mol. The van der Waals surface area contributed by atoms with Gasteiger partial charge in [0, 0.05) is 9.13 Å². The SMILES string of the molecule is N#Cc1c(I)ccc(C(F)(F)F)c1C(=O)CCl. The molecule has 1 rings (SSSR count). The van der Waals surface area contributed by atoms with E-state index in [-0.39, 0.29) is 9.13 Å². The second-order valence-corrected chi connectivity index (χ2v) is 4.44. The van der Waals surface area contributed by atoms with Crippen LogP contribution in [0, 0.1) is 14.9 Å². The maximum Gasteiger partial charge on any atom is 0.417 e. The Morgan fingerprint density at radius 3 is 2.47 bits per heavy atom. The topological polar surface area (TPSA) is 40.9 Å². The van der Waals surface area contributed by atoms with Crippen molar-refractivity contribution >= 4 is 40.0 Å². The van der Waals surface area contributed by atoms with Gasteiger partial charge < -0.3 is 0 Å². The van der Waals surface area contributed by atoms with Crippen molar-refractivity contribution in [3.8, 4) is 6.07 Å². The van der Waals surface area contributed by atoms with Gasteiger partial charge in [0.15, 0.2) is 5.78 Å². The number of benzene rings is 1. The molecule has 0 unspecified atom stereocenters. The number of carbonyl (C=O) groups is 1. The molecular formula is C10H4ClF3INO. The number of hydrogen-bond acceptors (Lipinski definition) is 2. The summed E-state index contributed by atoms with van der Waals surface area (Å²) in [5, 5.41) is 8.82. The van der Waals surface area contributed by atoms with E-state index in [1.807, 2.05) is 0 Å². The molecule has 7 heteroatoms. The molecule has 0 aromatic heterocycles. The number of nitrogens with zero attached hydrogens (tertiary/aromatic N) is 1. The Morgan fingerprint density at radius 2 is 2.06 bits per heavy atom. The number of halogens is 5. The van der Waals surface area contributed by atoms with Gasteiger partial charge in [-0.1, -0.05) is 0 Å². The van der Waals surface area contributed by atoms with E-state index in [1.165, 1.54) is 0 Å². The summed E-state index contributed by atoms with van der Waals surface area (Å²) in [6, 6.07) is 3.53. The van der Waals surface area contributed by atoms with Gasteiger partial charge in [0.1, 0.15) is 6.07 Å². The number of nitriles is 1. The summed E-state index contributed by atoms with van der Waals surface area (Å²) in [6.45, 7) is 0. The maximum absolute atomic E-state index is 12.7. The molecule has 0 bridgehead atoms. The van der Waals surface area contributed by atoms with E-state index in [0.717, 1.165) is 12.1 Å². The van der Waals surface area contributed by atoms with Crippen molar-refractivity contribution in [2.75, 3.05) is 5.88 Å². The van der Waals surface area contributed by atoms with Crippen LogP contribution < -0.4 is 0 Å². The van der Waals surface area contributed by atoms with Crippen molar-refractivity contribution in [2.45, 2.75) is 6.18 Å². The van der Waals surface area contributed by atoms with Gasteiger partial charge in [-0.05, 0) is 34.7 Å². The molecule has 0 fully saturated rings. The zero-order valence-electron chi connectivity index (χ0n) is 8.11. The summed E-state index contributed by atoms with van der Waals surface area (Å²) in [4.78, 5) is 11.4. The molecule has 0 aliphatic carbocycles. The van der Waals surface area contributed by atoms with Crippen molar-refractivity contribution in [2.24, 2.45) is 0 Å². The highest BCUT2D eigenvalue weighted by atomic mass is 127. The molecule has 2 nitrogen and oxygen atoms in total. The van der Waals surface area contributed by atoms with Crippen molar-refractivity contribution in [1.29, 1.82) is 5.26 Å². The van der Waals surface area contributed by atoms with E-state index in [1.54, 1.807) is 28.7 Å². The van der Waals surface area contributed by atoms with Gasteiger partial charge in [-0.15, -0.1) is 11.6 Å². The Bertz CT molecular complexity index is 507. The molecule has 1 aromatic rings. The van der Waals surface area contributed by atoms with Crippen molar-refractivity contribution in [3.63, 3.8) is 0 Å². The molecule has 0 aliphatic heterocycles. The van der Waals surface area contributed by atoms with Gasteiger partial charge in [-0.2, -0.15) is 18.4 Å². The molecule has 0 heterocycles. The third-order valence-corrected chi connectivity index (χ3v) is 3.11. The van der Waals surface area contributed by atoms with Gasteiger partial charge in [0.05, 0.1) is 17.0 Å². The van der Waals surface area contributed by atoms with E-state index >= 15 is 0 Å². The lowest BCUT2D eigenvalue weighted by Crippen LogP contribution is -2.16. The highest BCUT2D eigenvalue weighted by molar-refractivity contribution is 14.1. The molecule has 1 aromatic carbocycles. The number of ketones is 1. The molecule has 0 saturated heterocycles. The van der Waals surface area contributed by atoms with Crippen LogP contribution in [0.3, 0.4) is 0 Å². The van der Waals surface area contributed by atoms with Crippen LogP contribution in [-0.4, -0.2) is 11.7 Å². The number of rotatable bonds is 2. The first-order chi connectivity index (χ1) is 7.82. The van der Waals surface area contributed by atoms with Gasteiger partial charge in [0.2, 0.25) is 0 Å². The average molecular weight is 373 g/mol. The fourth-order valence-electron chi connectivity index (χ4n) is 1.28. The number of carbonyl (C=O) groups excluding carboxylic acids is 1. The van der Waals surface area contributed by atoms with E-state index in [4.69, 9.17) is 16.9 Å². The summed E-state index contributed by atoms with van der Waals surface area (Å²) < 4.78 is 38.3. The summed E-state index contributed by atoms with van der Waals surface area (Å²) >= 11 is 6.96. The lowest BCUT2D eigenvalue weighted by atomic mass is 9.98. The molecule has 0 spiro atoms. The summed E-state index contributed by atoms with van der Waals surface area (Å²) in [5.74, 6) is -1.51. The van der Waals surface area contributed by atoms with E-state index in [9.17, 15) is 18.0 Å². The van der Waals surface area contributed by atoms with E-state index in [0.29, 0.717) is 0 Å². The molecule has 90 valence electrons. The Hall–Kier alpha value is -0.810. The second-order valence-electron chi connectivity index (χ2n) is 3.01. The summed E-state index contributed by atoms with van der Waals surface area (Å²) in [5.41, 5.74) is -2.06. The standard InChI is InChI=1S/C10H4ClF3INO/c11-3-8(17)9-5(4-16)7(15)2-1-6(9)10(12,13)14/h1-2H,3H2. The van der Waals surface area contributed by atoms with Crippen LogP contribution in [0.4, 0.5) is 13.2 Å². The Labute approximate surface area is 114 Å². The molecule has 17 heavy (non-hydrogen) atoms. The van der Waals surface area contributed by atoms with Crippen LogP contribution >= 0.6 is 34.2 Å². The van der Waals surface area contributed by atoms with Crippen molar-refractivity contribution < 1.29 is 18.0 Å². The molecule has 0 saturated carbocycles. The van der Waals surface area contributed by atoms with Gasteiger partial charge in [-0.25, -0.2) is 0 Å². The lowest BCUT2D eigenvalue weighted by molar-refractivity contribution is -0.137. The molecule has 0 amide bonds. The van der Waals surface area contributed by atoms with Crippen LogP contribution in [0.5, 0.6) is 0 Å². The fourth-order valence-corrected chi connectivity index (χ4v) is 1.98. The van der Waals surface area contributed by atoms with E-state index in [2.05, 4.69) is 0 Å². The largest absolute Gasteiger partial charge is 0.417 e. The number of alkyl halides is 4. The van der Waals surface area contributed by atoms with Gasteiger partial charge in [-0.3, -0.25) is 4.79 Å². The molecular weight excluding hydrogens is 369 g/mol. The first-order valence-electron chi connectivity index (χ1n) is 4.22. The fraction of sp³-hybridized carbons (Fsp3) is 0.200. The quantitative estimate of drug-likeness (QED) is 0.451. The van der Waals surface area contributed by atoms with Gasteiger partial charge in [0.25, 0.3) is 0 Å². The average Bonchev–Trinajstić information content (AvgIpc) is 2.25. The smallest absolute Gasteiger partial charge is 0.293 e. The first kappa shape index (κ1) is 14.3. The molecule has 0 radical (unpaired) electrons. The Balaban J connectivity index is 3.65. The molecule has 0 N–H and O–H groups in total. The first-order valence-corrected chi connectivity index (χ1v) is 5.83. The Kier molecular flexibility index (Phi) is 4.38. The second kappa shape index (κ2) is 5.23. The Morgan fingerprint density at radius 1 is 1.47 bits per heavy atom. The summed E-state index contributed by atoms with van der Waals surface area (Å²) in [6.07, 6.45) is -4.69. The van der Waals surface area contributed by atoms with Crippen LogP contribution in [0.25, 0.3) is 0 Å². The number of Topliss-reactive ketones (excluding diaryl/α,β-unsaturated/α-hetero) is 1. The minimum absolute atomic E-state index is 0.284. The van der Waals surface area contributed by atoms with Gasteiger partial charge >= 0.3 is 6.18 Å². The van der Waals surface area contributed by atoms with Crippen LogP contribution in [0.1, 0.15) is 21.5 Å². The third kappa shape index (κ3) is 2.90. The third-order valence-electron chi connectivity index (χ3n) is 1.97. The predicted octanol–water partition coefficient (Wildman–Crippen LogP) is 3.60.